The number of nitrogens with zero attached hydrogens (tertiary/aromatic N) is 1. The number of rotatable bonds is 6. The van der Waals surface area contributed by atoms with E-state index in [0.717, 1.165) is 21.9 Å². The first kappa shape index (κ1) is 19.4. The second-order valence-corrected chi connectivity index (χ2v) is 6.65. The minimum atomic E-state index is -0.583. The highest BCUT2D eigenvalue weighted by Crippen LogP contribution is 2.26. The Morgan fingerprint density at radius 3 is 2.29 bits per heavy atom. The van der Waals surface area contributed by atoms with Gasteiger partial charge in [0.2, 0.25) is 0 Å². The largest absolute Gasteiger partial charge is 0.496 e. The van der Waals surface area contributed by atoms with Crippen molar-refractivity contribution in [2.24, 2.45) is 0 Å². The predicted molar refractivity (Wildman–Crippen MR) is 108 cm³/mol. The van der Waals surface area contributed by atoms with Crippen LogP contribution in [0, 0.1) is 6.92 Å². The van der Waals surface area contributed by atoms with Gasteiger partial charge < -0.3 is 14.4 Å². The molecule has 0 aliphatic carbocycles. The van der Waals surface area contributed by atoms with Crippen LogP contribution in [0.1, 0.15) is 21.5 Å². The number of hydrogen-bond acceptors (Lipinski definition) is 4. The van der Waals surface area contributed by atoms with Crippen molar-refractivity contribution in [3.05, 3.63) is 77.4 Å². The van der Waals surface area contributed by atoms with E-state index in [1.807, 2.05) is 55.5 Å². The number of esters is 1. The zero-order valence-electron chi connectivity index (χ0n) is 16.3. The summed E-state index contributed by atoms with van der Waals surface area (Å²) in [6.07, 6.45) is 0. The molecule has 3 aromatic carbocycles. The van der Waals surface area contributed by atoms with Crippen LogP contribution in [0.2, 0.25) is 0 Å². The van der Waals surface area contributed by atoms with Crippen LogP contribution in [0.15, 0.2) is 60.7 Å². The molecule has 28 heavy (non-hydrogen) atoms. The summed E-state index contributed by atoms with van der Waals surface area (Å²) in [5, 5.41) is 1.86. The highest BCUT2D eigenvalue weighted by Gasteiger charge is 2.18. The van der Waals surface area contributed by atoms with Crippen molar-refractivity contribution in [3.8, 4) is 5.75 Å². The molecule has 0 aliphatic heterocycles. The maximum Gasteiger partial charge on any atom is 0.342 e. The number of carbonyl (C=O) groups is 2. The minimum absolute atomic E-state index is 0.267. The van der Waals surface area contributed by atoms with Crippen LogP contribution in [0.5, 0.6) is 5.75 Å². The van der Waals surface area contributed by atoms with E-state index in [1.165, 1.54) is 7.11 Å². The lowest BCUT2D eigenvalue weighted by molar-refractivity contribution is -0.133. The molecule has 0 radical (unpaired) electrons. The van der Waals surface area contributed by atoms with Crippen LogP contribution in [0.25, 0.3) is 10.8 Å². The summed E-state index contributed by atoms with van der Waals surface area (Å²) in [5.41, 5.74) is 2.47. The number of benzene rings is 3. The molecule has 0 N–H and O–H groups in total. The molecule has 0 saturated heterocycles. The number of aryl methyl sites for hydroxylation is 1. The van der Waals surface area contributed by atoms with Gasteiger partial charge in [0.15, 0.2) is 6.61 Å². The van der Waals surface area contributed by atoms with Gasteiger partial charge in [-0.15, -0.1) is 0 Å². The summed E-state index contributed by atoms with van der Waals surface area (Å²) >= 11 is 0. The third-order valence-electron chi connectivity index (χ3n) is 4.71. The van der Waals surface area contributed by atoms with Gasteiger partial charge in [-0.05, 0) is 41.0 Å². The average molecular weight is 377 g/mol. The van der Waals surface area contributed by atoms with Gasteiger partial charge in [0.25, 0.3) is 5.91 Å². The molecule has 0 bridgehead atoms. The molecule has 1 amide bonds. The van der Waals surface area contributed by atoms with Crippen LogP contribution in [-0.4, -0.2) is 37.5 Å². The zero-order chi connectivity index (χ0) is 20.1. The molecular weight excluding hydrogens is 354 g/mol. The van der Waals surface area contributed by atoms with Gasteiger partial charge in [0.1, 0.15) is 11.3 Å². The molecule has 0 fully saturated rings. The molecule has 0 heterocycles. The van der Waals surface area contributed by atoms with Crippen molar-refractivity contribution < 1.29 is 19.1 Å². The smallest absolute Gasteiger partial charge is 0.342 e. The van der Waals surface area contributed by atoms with Crippen molar-refractivity contribution in [3.63, 3.8) is 0 Å². The number of methoxy groups -OCH3 is 1. The fourth-order valence-electron chi connectivity index (χ4n) is 2.99. The summed E-state index contributed by atoms with van der Waals surface area (Å²) in [5.74, 6) is -0.430. The van der Waals surface area contributed by atoms with Crippen molar-refractivity contribution in [1.82, 2.24) is 4.90 Å². The minimum Gasteiger partial charge on any atom is -0.496 e. The monoisotopic (exact) mass is 377 g/mol. The Hall–Kier alpha value is -3.34. The molecule has 0 aromatic heterocycles. The van der Waals surface area contributed by atoms with Crippen LogP contribution in [-0.2, 0) is 16.1 Å². The van der Waals surface area contributed by atoms with Gasteiger partial charge in [-0.1, -0.05) is 48.5 Å². The van der Waals surface area contributed by atoms with Gasteiger partial charge in [0.05, 0.1) is 7.11 Å². The van der Waals surface area contributed by atoms with Crippen LogP contribution < -0.4 is 4.74 Å². The van der Waals surface area contributed by atoms with Gasteiger partial charge >= 0.3 is 5.97 Å². The maximum atomic E-state index is 12.5. The summed E-state index contributed by atoms with van der Waals surface area (Å²) < 4.78 is 10.6. The van der Waals surface area contributed by atoms with Gasteiger partial charge in [0, 0.05) is 13.6 Å². The fourth-order valence-corrected chi connectivity index (χ4v) is 2.99. The molecule has 0 aliphatic rings. The zero-order valence-corrected chi connectivity index (χ0v) is 16.3. The Balaban J connectivity index is 1.67. The van der Waals surface area contributed by atoms with Crippen LogP contribution in [0.4, 0.5) is 0 Å². The molecule has 0 atom stereocenters. The van der Waals surface area contributed by atoms with E-state index in [2.05, 4.69) is 0 Å². The Labute approximate surface area is 164 Å². The highest BCUT2D eigenvalue weighted by atomic mass is 16.5. The van der Waals surface area contributed by atoms with Gasteiger partial charge in [-0.25, -0.2) is 4.79 Å². The highest BCUT2D eigenvalue weighted by molar-refractivity contribution is 5.99. The first-order valence-corrected chi connectivity index (χ1v) is 9.02. The number of hydrogen-bond donors (Lipinski definition) is 0. The van der Waals surface area contributed by atoms with E-state index >= 15 is 0 Å². The summed E-state index contributed by atoms with van der Waals surface area (Å²) in [6, 6.07) is 19.0. The molecule has 0 spiro atoms. The quantitative estimate of drug-likeness (QED) is 0.610. The van der Waals surface area contributed by atoms with Crippen molar-refractivity contribution in [2.75, 3.05) is 20.8 Å². The third-order valence-corrected chi connectivity index (χ3v) is 4.71. The summed E-state index contributed by atoms with van der Waals surface area (Å²) in [4.78, 5) is 26.5. The Morgan fingerprint density at radius 1 is 0.964 bits per heavy atom. The van der Waals surface area contributed by atoms with Crippen molar-refractivity contribution in [1.29, 1.82) is 0 Å². The molecule has 0 unspecified atom stereocenters. The second kappa shape index (κ2) is 8.57. The van der Waals surface area contributed by atoms with E-state index in [-0.39, 0.29) is 12.5 Å². The van der Waals surface area contributed by atoms with E-state index in [1.54, 1.807) is 24.1 Å². The molecular formula is C23H23NO4. The number of amides is 1. The third kappa shape index (κ3) is 4.31. The summed E-state index contributed by atoms with van der Waals surface area (Å²) in [6.45, 7) is 2.14. The number of likely N-dealkylation sites (N-methyl/N-ethyl adjacent to an activating group) is 1. The SMILES string of the molecule is COc1cc2ccccc2cc1C(=O)OCC(=O)N(C)Cc1ccccc1C. The first-order valence-electron chi connectivity index (χ1n) is 9.02. The average Bonchev–Trinajstić information content (AvgIpc) is 2.72. The number of ether oxygens (including phenoxy) is 2. The molecule has 3 rings (SSSR count). The van der Waals surface area contributed by atoms with Crippen LogP contribution in [0.3, 0.4) is 0 Å². The number of carbonyl (C=O) groups excluding carboxylic acids is 2. The Kier molecular flexibility index (Phi) is 5.94. The molecule has 0 saturated carbocycles. The Bertz CT molecular complexity index is 1010. The van der Waals surface area contributed by atoms with E-state index in [0.29, 0.717) is 17.9 Å². The second-order valence-electron chi connectivity index (χ2n) is 6.65. The van der Waals surface area contributed by atoms with E-state index in [4.69, 9.17) is 9.47 Å². The van der Waals surface area contributed by atoms with Crippen molar-refractivity contribution in [2.45, 2.75) is 13.5 Å². The maximum absolute atomic E-state index is 12.5. The first-order chi connectivity index (χ1) is 13.5. The molecule has 5 nitrogen and oxygen atoms in total. The molecule has 3 aromatic rings. The Morgan fingerprint density at radius 2 is 1.61 bits per heavy atom. The lowest BCUT2D eigenvalue weighted by atomic mass is 10.1. The van der Waals surface area contributed by atoms with E-state index in [9.17, 15) is 9.59 Å². The topological polar surface area (TPSA) is 55.8 Å². The fraction of sp³-hybridized carbons (Fsp3) is 0.217. The lowest BCUT2D eigenvalue weighted by Crippen LogP contribution is -2.31. The van der Waals surface area contributed by atoms with E-state index < -0.39 is 5.97 Å². The summed E-state index contributed by atoms with van der Waals surface area (Å²) in [7, 11) is 3.20. The molecule has 144 valence electrons. The van der Waals surface area contributed by atoms with Crippen LogP contribution >= 0.6 is 0 Å². The predicted octanol–water partition coefficient (Wildman–Crippen LogP) is 3.97. The number of fused-ring (bicyclic) bond motifs is 1. The standard InChI is InChI=1S/C23H23NO4/c1-16-8-4-5-11-19(16)14-24(2)22(25)15-28-23(26)20-12-17-9-6-7-10-18(17)13-21(20)27-3/h4-13H,14-15H2,1-3H3. The normalized spacial score (nSPS) is 10.5. The lowest BCUT2D eigenvalue weighted by Gasteiger charge is -2.18. The molecule has 5 heteroatoms. The van der Waals surface area contributed by atoms with Gasteiger partial charge in [-0.2, -0.15) is 0 Å². The van der Waals surface area contributed by atoms with Crippen molar-refractivity contribution >= 4 is 22.6 Å². The van der Waals surface area contributed by atoms with Gasteiger partial charge in [-0.3, -0.25) is 4.79 Å².